The van der Waals surface area contributed by atoms with E-state index in [9.17, 15) is 14.9 Å². The second-order valence-electron chi connectivity index (χ2n) is 3.71. The summed E-state index contributed by atoms with van der Waals surface area (Å²) < 4.78 is 9.95. The van der Waals surface area contributed by atoms with E-state index in [-0.39, 0.29) is 17.7 Å². The van der Waals surface area contributed by atoms with E-state index in [1.54, 1.807) is 4.90 Å². The third-order valence-electron chi connectivity index (χ3n) is 2.44. The maximum atomic E-state index is 11.6. The van der Waals surface area contributed by atoms with Crippen LogP contribution in [0.15, 0.2) is 21.7 Å². The van der Waals surface area contributed by atoms with Gasteiger partial charge in [0.25, 0.3) is 0 Å². The van der Waals surface area contributed by atoms with E-state index in [4.69, 9.17) is 9.15 Å². The molecule has 1 aliphatic heterocycles. The average molecular weight is 268 g/mol. The van der Waals surface area contributed by atoms with Gasteiger partial charge in [-0.3, -0.25) is 10.1 Å². The number of morpholine rings is 1. The number of amides is 2. The highest BCUT2D eigenvalue weighted by atomic mass is 16.6. The number of hydrogen-bond acceptors (Lipinski definition) is 6. The number of carbonyl (C=O) groups is 1. The Kier molecular flexibility index (Phi) is 4.08. The second-order valence-corrected chi connectivity index (χ2v) is 3.71. The number of carbonyl (C=O) groups excluding carboxylic acids is 1. The monoisotopic (exact) mass is 268 g/mol. The van der Waals surface area contributed by atoms with Crippen molar-refractivity contribution in [1.82, 2.24) is 10.3 Å². The van der Waals surface area contributed by atoms with Crippen LogP contribution in [0.1, 0.15) is 5.76 Å². The zero-order valence-corrected chi connectivity index (χ0v) is 9.94. The van der Waals surface area contributed by atoms with Crippen molar-refractivity contribution in [3.63, 3.8) is 0 Å². The summed E-state index contributed by atoms with van der Waals surface area (Å²) in [7, 11) is 0. The maximum absolute atomic E-state index is 11.6. The molecule has 2 amide bonds. The number of hydrogen-bond donors (Lipinski definition) is 1. The van der Waals surface area contributed by atoms with Gasteiger partial charge < -0.3 is 14.1 Å². The first-order valence-corrected chi connectivity index (χ1v) is 5.57. The van der Waals surface area contributed by atoms with Crippen LogP contribution in [0.4, 0.5) is 10.7 Å². The summed E-state index contributed by atoms with van der Waals surface area (Å²) in [4.78, 5) is 22.9. The molecule has 0 aromatic carbocycles. The number of rotatable bonds is 3. The maximum Gasteiger partial charge on any atom is 0.433 e. The highest BCUT2D eigenvalue weighted by Gasteiger charge is 2.16. The van der Waals surface area contributed by atoms with E-state index in [0.29, 0.717) is 26.3 Å². The van der Waals surface area contributed by atoms with Crippen molar-refractivity contribution in [3.05, 3.63) is 28.0 Å². The van der Waals surface area contributed by atoms with Gasteiger partial charge in [0.2, 0.25) is 0 Å². The van der Waals surface area contributed by atoms with Gasteiger partial charge in [-0.1, -0.05) is 0 Å². The lowest BCUT2D eigenvalue weighted by Gasteiger charge is -2.25. The Labute approximate surface area is 108 Å². The molecule has 9 heteroatoms. The number of urea groups is 1. The third-order valence-corrected chi connectivity index (χ3v) is 2.44. The Morgan fingerprint density at radius 2 is 2.21 bits per heavy atom. The van der Waals surface area contributed by atoms with Gasteiger partial charge in [-0.05, 0) is 6.07 Å². The molecule has 0 radical (unpaired) electrons. The van der Waals surface area contributed by atoms with E-state index >= 15 is 0 Å². The number of furan rings is 1. The van der Waals surface area contributed by atoms with Gasteiger partial charge in [0.05, 0.1) is 25.5 Å². The molecule has 1 N–H and O–H groups in total. The molecule has 0 aliphatic carbocycles. The van der Waals surface area contributed by atoms with Crippen LogP contribution in [-0.2, 0) is 4.74 Å². The molecule has 0 saturated carbocycles. The predicted molar refractivity (Wildman–Crippen MR) is 63.9 cm³/mol. The average Bonchev–Trinajstić information content (AvgIpc) is 2.89. The van der Waals surface area contributed by atoms with Crippen molar-refractivity contribution < 1.29 is 18.9 Å². The molecule has 1 aromatic rings. The van der Waals surface area contributed by atoms with Gasteiger partial charge >= 0.3 is 11.9 Å². The summed E-state index contributed by atoms with van der Waals surface area (Å²) in [5, 5.41) is 14.0. The summed E-state index contributed by atoms with van der Waals surface area (Å²) >= 11 is 0. The van der Waals surface area contributed by atoms with E-state index in [2.05, 4.69) is 10.5 Å². The molecule has 0 spiro atoms. The van der Waals surface area contributed by atoms with Crippen LogP contribution < -0.4 is 5.43 Å². The topological polar surface area (TPSA) is 110 Å². The number of ether oxygens (including phenoxy) is 1. The summed E-state index contributed by atoms with van der Waals surface area (Å²) in [5.74, 6) is -0.185. The summed E-state index contributed by atoms with van der Waals surface area (Å²) in [6, 6.07) is 2.26. The highest BCUT2D eigenvalue weighted by molar-refractivity contribution is 5.79. The fourth-order valence-electron chi connectivity index (χ4n) is 1.50. The molecular weight excluding hydrogens is 256 g/mol. The fourth-order valence-corrected chi connectivity index (χ4v) is 1.50. The van der Waals surface area contributed by atoms with E-state index < -0.39 is 4.92 Å². The Hall–Kier alpha value is -2.42. The largest absolute Gasteiger partial charge is 0.433 e. The lowest BCUT2D eigenvalue weighted by molar-refractivity contribution is -0.402. The summed E-state index contributed by atoms with van der Waals surface area (Å²) in [6.45, 7) is 2.02. The van der Waals surface area contributed by atoms with Crippen molar-refractivity contribution in [2.45, 2.75) is 0 Å². The van der Waals surface area contributed by atoms with Crippen molar-refractivity contribution >= 4 is 18.1 Å². The molecule has 19 heavy (non-hydrogen) atoms. The lowest BCUT2D eigenvalue weighted by Crippen LogP contribution is -2.44. The number of nitrogens with one attached hydrogen (secondary N) is 1. The highest BCUT2D eigenvalue weighted by Crippen LogP contribution is 2.13. The normalized spacial score (nSPS) is 15.7. The van der Waals surface area contributed by atoms with Crippen LogP contribution in [0.3, 0.4) is 0 Å². The molecule has 0 unspecified atom stereocenters. The molecule has 0 atom stereocenters. The Bertz CT molecular complexity index is 492. The number of nitrogens with zero attached hydrogens (tertiary/aromatic N) is 3. The van der Waals surface area contributed by atoms with Crippen LogP contribution in [0.5, 0.6) is 0 Å². The molecule has 2 heterocycles. The minimum atomic E-state index is -0.649. The van der Waals surface area contributed by atoms with Crippen molar-refractivity contribution in [1.29, 1.82) is 0 Å². The number of nitro groups is 1. The van der Waals surface area contributed by atoms with Gasteiger partial charge in [0.15, 0.2) is 5.76 Å². The summed E-state index contributed by atoms with van der Waals surface area (Å²) in [5.41, 5.74) is 2.31. The summed E-state index contributed by atoms with van der Waals surface area (Å²) in [6.07, 6.45) is 1.20. The molecule has 9 nitrogen and oxygen atoms in total. The van der Waals surface area contributed by atoms with Gasteiger partial charge in [-0.2, -0.15) is 5.10 Å². The first-order valence-electron chi connectivity index (χ1n) is 5.57. The van der Waals surface area contributed by atoms with Gasteiger partial charge in [-0.25, -0.2) is 10.2 Å². The quantitative estimate of drug-likeness (QED) is 0.489. The molecule has 1 aliphatic rings. The Morgan fingerprint density at radius 3 is 2.84 bits per heavy atom. The molecule has 1 saturated heterocycles. The molecule has 2 rings (SSSR count). The van der Waals surface area contributed by atoms with Crippen molar-refractivity contribution in [2.75, 3.05) is 26.3 Å². The molecule has 0 bridgehead atoms. The SMILES string of the molecule is O=C(N/N=C/c1ccc([N+](=O)[O-])o1)N1CCOCC1. The first-order chi connectivity index (χ1) is 9.16. The van der Waals surface area contributed by atoms with Gasteiger partial charge in [0, 0.05) is 13.1 Å². The van der Waals surface area contributed by atoms with E-state index in [0.717, 1.165) is 0 Å². The molecule has 1 fully saturated rings. The zero-order valence-electron chi connectivity index (χ0n) is 9.94. The van der Waals surface area contributed by atoms with Crippen LogP contribution in [-0.4, -0.2) is 48.4 Å². The van der Waals surface area contributed by atoms with E-state index in [1.165, 1.54) is 18.3 Å². The first kappa shape index (κ1) is 13.0. The van der Waals surface area contributed by atoms with Gasteiger partial charge in [0.1, 0.15) is 4.92 Å². The second kappa shape index (κ2) is 5.96. The lowest BCUT2D eigenvalue weighted by atomic mass is 10.4. The van der Waals surface area contributed by atoms with Crippen LogP contribution >= 0.6 is 0 Å². The van der Waals surface area contributed by atoms with E-state index in [1.807, 2.05) is 0 Å². The van der Waals surface area contributed by atoms with Crippen LogP contribution in [0, 0.1) is 10.1 Å². The number of hydrazone groups is 1. The zero-order chi connectivity index (χ0) is 13.7. The molecular formula is C10H12N4O5. The van der Waals surface area contributed by atoms with Crippen LogP contribution in [0.25, 0.3) is 0 Å². The van der Waals surface area contributed by atoms with Crippen molar-refractivity contribution in [3.8, 4) is 0 Å². The molecule has 1 aromatic heterocycles. The predicted octanol–water partition coefficient (Wildman–Crippen LogP) is 0.564. The minimum Gasteiger partial charge on any atom is -0.400 e. The van der Waals surface area contributed by atoms with Gasteiger partial charge in [-0.15, -0.1) is 0 Å². The Balaban J connectivity index is 1.84. The Morgan fingerprint density at radius 1 is 1.47 bits per heavy atom. The standard InChI is InChI=1S/C10H12N4O5/c15-10(13-3-5-18-6-4-13)12-11-7-8-1-2-9(19-8)14(16)17/h1-2,7H,3-6H2,(H,12,15)/b11-7+. The third kappa shape index (κ3) is 3.52. The minimum absolute atomic E-state index is 0.189. The van der Waals surface area contributed by atoms with Crippen LogP contribution in [0.2, 0.25) is 0 Å². The molecule has 102 valence electrons. The fraction of sp³-hybridized carbons (Fsp3) is 0.400. The smallest absolute Gasteiger partial charge is 0.400 e. The van der Waals surface area contributed by atoms with Crippen molar-refractivity contribution in [2.24, 2.45) is 5.10 Å².